The smallest absolute Gasteiger partial charge is 0.276 e. The number of aryl methyl sites for hydroxylation is 2. The van der Waals surface area contributed by atoms with Gasteiger partial charge in [-0.1, -0.05) is 0 Å². The van der Waals surface area contributed by atoms with Gasteiger partial charge < -0.3 is 15.1 Å². The molecule has 0 aliphatic rings. The first-order valence-corrected chi connectivity index (χ1v) is 11.0. The highest BCUT2D eigenvalue weighted by Crippen LogP contribution is 2.23. The zero-order valence-electron chi connectivity index (χ0n) is 19.4. The Hall–Kier alpha value is -4.74. The van der Waals surface area contributed by atoms with Gasteiger partial charge in [0, 0.05) is 43.3 Å². The molecule has 0 radical (unpaired) electrons. The fourth-order valence-electron chi connectivity index (χ4n) is 3.65. The summed E-state index contributed by atoms with van der Waals surface area (Å²) in [6, 6.07) is 6.90. The van der Waals surface area contributed by atoms with Crippen LogP contribution in [0.4, 0.5) is 5.69 Å². The van der Waals surface area contributed by atoms with Crippen molar-refractivity contribution in [2.24, 2.45) is 7.05 Å². The molecule has 35 heavy (non-hydrogen) atoms. The molecule has 12 heteroatoms. The number of carbonyl (C=O) groups excluding carboxylic acids is 2. The summed E-state index contributed by atoms with van der Waals surface area (Å²) >= 11 is 0. The summed E-state index contributed by atoms with van der Waals surface area (Å²) in [6.07, 6.45) is 6.55. The van der Waals surface area contributed by atoms with E-state index in [2.05, 4.69) is 30.9 Å². The minimum absolute atomic E-state index is 0.0975. The second kappa shape index (κ2) is 8.89. The normalized spacial score (nSPS) is 11.2. The Balaban J connectivity index is 1.41. The summed E-state index contributed by atoms with van der Waals surface area (Å²) in [5.41, 5.74) is 3.64. The van der Waals surface area contributed by atoms with E-state index in [-0.39, 0.29) is 23.6 Å². The van der Waals surface area contributed by atoms with Crippen molar-refractivity contribution in [1.29, 1.82) is 0 Å². The molecule has 2 amide bonds. The highest BCUT2D eigenvalue weighted by Gasteiger charge is 2.21. The predicted molar refractivity (Wildman–Crippen MR) is 126 cm³/mol. The highest BCUT2D eigenvalue weighted by atomic mass is 16.3. The van der Waals surface area contributed by atoms with E-state index in [4.69, 9.17) is 4.42 Å². The van der Waals surface area contributed by atoms with Gasteiger partial charge in [0.1, 0.15) is 5.76 Å². The van der Waals surface area contributed by atoms with Crippen LogP contribution in [0.5, 0.6) is 0 Å². The number of carbonyl (C=O) groups is 2. The lowest BCUT2D eigenvalue weighted by atomic mass is 10.2. The number of rotatable bonds is 7. The molecule has 0 spiro atoms. The lowest BCUT2D eigenvalue weighted by molar-refractivity contribution is 0.0943. The topological polar surface area (TPSA) is 137 Å². The summed E-state index contributed by atoms with van der Waals surface area (Å²) < 4.78 is 10.2. The zero-order valence-corrected chi connectivity index (χ0v) is 19.4. The molecule has 0 aromatic carbocycles. The molecule has 178 valence electrons. The van der Waals surface area contributed by atoms with Gasteiger partial charge in [0.2, 0.25) is 0 Å². The number of nitrogens with zero attached hydrogens (tertiary/aromatic N) is 7. The number of hydrogen-bond acceptors (Lipinski definition) is 7. The Labute approximate surface area is 199 Å². The largest absolute Gasteiger partial charge is 0.467 e. The lowest BCUT2D eigenvalue weighted by Crippen LogP contribution is -2.25. The first-order chi connectivity index (χ1) is 16.9. The second-order valence-electron chi connectivity index (χ2n) is 7.86. The molecular weight excluding hydrogens is 450 g/mol. The number of amides is 2. The lowest BCUT2D eigenvalue weighted by Gasteiger charge is -2.05. The highest BCUT2D eigenvalue weighted by molar-refractivity contribution is 6.07. The zero-order chi connectivity index (χ0) is 24.5. The van der Waals surface area contributed by atoms with E-state index in [0.717, 1.165) is 17.0 Å². The van der Waals surface area contributed by atoms with Crippen LogP contribution < -0.4 is 10.6 Å². The van der Waals surface area contributed by atoms with Crippen LogP contribution in [0.1, 0.15) is 39.4 Å². The third-order valence-corrected chi connectivity index (χ3v) is 5.65. The maximum Gasteiger partial charge on any atom is 0.276 e. The van der Waals surface area contributed by atoms with Gasteiger partial charge in [0.15, 0.2) is 17.0 Å². The van der Waals surface area contributed by atoms with E-state index in [1.807, 2.05) is 27.0 Å². The first kappa shape index (κ1) is 22.1. The van der Waals surface area contributed by atoms with E-state index in [1.165, 1.54) is 6.26 Å². The molecule has 5 aromatic heterocycles. The molecule has 0 atom stereocenters. The maximum absolute atomic E-state index is 13.1. The van der Waals surface area contributed by atoms with Crippen molar-refractivity contribution in [1.82, 2.24) is 39.5 Å². The minimum atomic E-state index is -0.486. The van der Waals surface area contributed by atoms with Crippen molar-refractivity contribution in [2.75, 3.05) is 5.32 Å². The molecule has 0 fully saturated rings. The summed E-state index contributed by atoms with van der Waals surface area (Å²) in [7, 11) is 1.86. The van der Waals surface area contributed by atoms with Crippen LogP contribution in [-0.4, -0.2) is 46.0 Å². The van der Waals surface area contributed by atoms with Gasteiger partial charge in [0.25, 0.3) is 11.8 Å². The fourth-order valence-corrected chi connectivity index (χ4v) is 3.65. The van der Waals surface area contributed by atoms with Crippen molar-refractivity contribution < 1.29 is 14.0 Å². The second-order valence-corrected chi connectivity index (χ2v) is 7.86. The Morgan fingerprint density at radius 3 is 2.74 bits per heavy atom. The molecule has 0 unspecified atom stereocenters. The van der Waals surface area contributed by atoms with Crippen LogP contribution in [0.3, 0.4) is 0 Å². The molecule has 5 rings (SSSR count). The Morgan fingerprint density at radius 1 is 1.17 bits per heavy atom. The molecular formula is C23H23N9O3. The van der Waals surface area contributed by atoms with Gasteiger partial charge in [-0.15, -0.1) is 0 Å². The maximum atomic E-state index is 13.1. The van der Waals surface area contributed by atoms with E-state index in [0.29, 0.717) is 18.0 Å². The summed E-state index contributed by atoms with van der Waals surface area (Å²) in [4.78, 5) is 30.2. The molecule has 2 N–H and O–H groups in total. The van der Waals surface area contributed by atoms with Crippen LogP contribution in [-0.2, 0) is 20.1 Å². The van der Waals surface area contributed by atoms with E-state index in [9.17, 15) is 9.59 Å². The van der Waals surface area contributed by atoms with Crippen molar-refractivity contribution in [3.8, 4) is 11.3 Å². The third-order valence-electron chi connectivity index (χ3n) is 5.65. The van der Waals surface area contributed by atoms with E-state index in [1.54, 1.807) is 50.7 Å². The van der Waals surface area contributed by atoms with Crippen molar-refractivity contribution in [2.45, 2.75) is 26.9 Å². The van der Waals surface area contributed by atoms with Crippen molar-refractivity contribution in [3.05, 3.63) is 72.0 Å². The molecule has 0 saturated heterocycles. The van der Waals surface area contributed by atoms with Gasteiger partial charge >= 0.3 is 0 Å². The predicted octanol–water partition coefficient (Wildman–Crippen LogP) is 2.43. The Morgan fingerprint density at radius 2 is 2.03 bits per heavy atom. The molecule has 5 aromatic rings. The van der Waals surface area contributed by atoms with Crippen molar-refractivity contribution >= 4 is 23.1 Å². The number of aromatic nitrogens is 7. The summed E-state index contributed by atoms with van der Waals surface area (Å²) in [5, 5.41) is 18.6. The van der Waals surface area contributed by atoms with Gasteiger partial charge in [-0.3, -0.25) is 19.0 Å². The SMILES string of the molecule is CCn1cc(NC(=O)c2cc3nccc(-c4cnn(C)c4C)n3n2)c(C(=O)NCc2ccco2)n1. The molecule has 12 nitrogen and oxygen atoms in total. The standard InChI is InChI=1S/C23H23N9O3/c1-4-31-13-18(21(29-31)23(34)25-11-15-6-5-9-35-15)27-22(33)17-10-20-24-8-7-19(32(20)28-17)16-12-26-30(3)14(16)2/h5-10,12-13H,4,11H2,1-3H3,(H,25,34)(H,27,33). The van der Waals surface area contributed by atoms with E-state index >= 15 is 0 Å². The van der Waals surface area contributed by atoms with Crippen LogP contribution in [0.15, 0.2) is 53.5 Å². The van der Waals surface area contributed by atoms with Gasteiger partial charge in [0.05, 0.1) is 30.4 Å². The van der Waals surface area contributed by atoms with Gasteiger partial charge in [-0.05, 0) is 32.0 Å². The van der Waals surface area contributed by atoms with Gasteiger partial charge in [-0.2, -0.15) is 15.3 Å². The molecule has 0 bridgehead atoms. The minimum Gasteiger partial charge on any atom is -0.467 e. The average molecular weight is 473 g/mol. The molecule has 5 heterocycles. The number of nitrogens with one attached hydrogen (secondary N) is 2. The molecule has 0 aliphatic heterocycles. The summed E-state index contributed by atoms with van der Waals surface area (Å²) in [6.45, 7) is 4.57. The summed E-state index contributed by atoms with van der Waals surface area (Å²) in [5.74, 6) is -0.314. The third kappa shape index (κ3) is 4.16. The number of furan rings is 1. The average Bonchev–Trinajstić information content (AvgIpc) is 3.65. The van der Waals surface area contributed by atoms with Crippen LogP contribution in [0.2, 0.25) is 0 Å². The van der Waals surface area contributed by atoms with Crippen LogP contribution in [0, 0.1) is 6.92 Å². The Bertz CT molecular complexity index is 1530. The fraction of sp³-hybridized carbons (Fsp3) is 0.217. The molecule has 0 saturated carbocycles. The van der Waals surface area contributed by atoms with Crippen LogP contribution in [0.25, 0.3) is 16.9 Å². The monoisotopic (exact) mass is 473 g/mol. The number of fused-ring (bicyclic) bond motifs is 1. The number of hydrogen-bond donors (Lipinski definition) is 2. The Kier molecular flexibility index (Phi) is 5.61. The van der Waals surface area contributed by atoms with Gasteiger partial charge in [-0.25, -0.2) is 9.50 Å². The molecule has 0 aliphatic carbocycles. The quantitative estimate of drug-likeness (QED) is 0.370. The van der Waals surface area contributed by atoms with Crippen molar-refractivity contribution in [3.63, 3.8) is 0 Å². The van der Waals surface area contributed by atoms with Crippen LogP contribution >= 0.6 is 0 Å². The number of anilines is 1. The van der Waals surface area contributed by atoms with E-state index < -0.39 is 11.8 Å². The first-order valence-electron chi connectivity index (χ1n) is 11.0.